The van der Waals surface area contributed by atoms with Gasteiger partial charge in [0, 0.05) is 28.7 Å². The zero-order chi connectivity index (χ0) is 30.3. The van der Waals surface area contributed by atoms with Crippen molar-refractivity contribution in [1.82, 2.24) is 10.2 Å². The Kier molecular flexibility index (Phi) is 11.1. The normalized spacial score (nSPS) is 12.1. The Morgan fingerprint density at radius 1 is 0.927 bits per heavy atom. The zero-order valence-electron chi connectivity index (χ0n) is 23.7. The van der Waals surface area contributed by atoms with Gasteiger partial charge < -0.3 is 15.0 Å². The van der Waals surface area contributed by atoms with Crippen LogP contribution in [0, 0.1) is 12.8 Å². The Bertz CT molecular complexity index is 1440. The predicted octanol–water partition coefficient (Wildman–Crippen LogP) is 5.70. The maximum atomic E-state index is 14.0. The summed E-state index contributed by atoms with van der Waals surface area (Å²) in [6.45, 7) is 7.14. The number of ether oxygens (including phenoxy) is 1. The van der Waals surface area contributed by atoms with E-state index in [1.165, 1.54) is 36.3 Å². The third kappa shape index (κ3) is 8.15. The number of nitrogens with one attached hydrogen (secondary N) is 1. The lowest BCUT2D eigenvalue weighted by atomic mass is 10.1. The highest BCUT2D eigenvalue weighted by atomic mass is 35.5. The molecule has 0 heterocycles. The number of methoxy groups -OCH3 is 1. The summed E-state index contributed by atoms with van der Waals surface area (Å²) in [5.74, 6) is -0.299. The molecule has 0 aliphatic carbocycles. The number of halogens is 2. The highest BCUT2D eigenvalue weighted by Gasteiger charge is 2.33. The highest BCUT2D eigenvalue weighted by Crippen LogP contribution is 2.29. The number of hydrogen-bond acceptors (Lipinski definition) is 5. The first-order valence-electron chi connectivity index (χ1n) is 13.1. The quantitative estimate of drug-likeness (QED) is 0.281. The fourth-order valence-corrected chi connectivity index (χ4v) is 5.93. The molecule has 0 aliphatic rings. The van der Waals surface area contributed by atoms with E-state index < -0.39 is 28.5 Å². The molecule has 0 bridgehead atoms. The number of aryl methyl sites for hydroxylation is 1. The van der Waals surface area contributed by atoms with E-state index in [-0.39, 0.29) is 23.3 Å². The van der Waals surface area contributed by atoms with Crippen LogP contribution in [0.25, 0.3) is 0 Å². The molecule has 0 aliphatic heterocycles. The van der Waals surface area contributed by atoms with Gasteiger partial charge in [-0.25, -0.2) is 8.42 Å². The Morgan fingerprint density at radius 2 is 1.51 bits per heavy atom. The lowest BCUT2D eigenvalue weighted by molar-refractivity contribution is -0.139. The van der Waals surface area contributed by atoms with Crippen molar-refractivity contribution in [3.8, 4) is 5.75 Å². The number of rotatable bonds is 12. The van der Waals surface area contributed by atoms with E-state index in [0.717, 1.165) is 9.87 Å². The van der Waals surface area contributed by atoms with E-state index in [1.807, 2.05) is 20.8 Å². The SMILES string of the molecule is COc1ccc(S(=O)(=O)N(CC(=O)N(Cc2c(Cl)cccc2Cl)[C@@H](C)C(=O)NCC(C)C)c2ccc(C)cc2)cc1. The Morgan fingerprint density at radius 3 is 2.05 bits per heavy atom. The zero-order valence-corrected chi connectivity index (χ0v) is 26.1. The molecule has 2 amide bonds. The van der Waals surface area contributed by atoms with Gasteiger partial charge in [-0.05, 0) is 68.3 Å². The van der Waals surface area contributed by atoms with Crippen LogP contribution < -0.4 is 14.4 Å². The van der Waals surface area contributed by atoms with Gasteiger partial charge in [-0.15, -0.1) is 0 Å². The largest absolute Gasteiger partial charge is 0.497 e. The van der Waals surface area contributed by atoms with Crippen LogP contribution in [0.3, 0.4) is 0 Å². The lowest BCUT2D eigenvalue weighted by Crippen LogP contribution is -2.51. The third-order valence-corrected chi connectivity index (χ3v) is 8.99. The molecule has 3 aromatic carbocycles. The molecule has 0 aromatic heterocycles. The second-order valence-electron chi connectivity index (χ2n) is 10.1. The van der Waals surface area contributed by atoms with Crippen molar-refractivity contribution in [2.45, 2.75) is 45.2 Å². The number of carbonyl (C=O) groups excluding carboxylic acids is 2. The maximum Gasteiger partial charge on any atom is 0.264 e. The molecule has 0 fully saturated rings. The molecule has 11 heteroatoms. The summed E-state index contributed by atoms with van der Waals surface area (Å²) >= 11 is 12.8. The van der Waals surface area contributed by atoms with Crippen LogP contribution in [0.5, 0.6) is 5.75 Å². The van der Waals surface area contributed by atoms with E-state index in [1.54, 1.807) is 49.4 Å². The minimum Gasteiger partial charge on any atom is -0.497 e. The van der Waals surface area contributed by atoms with Crippen LogP contribution in [-0.2, 0) is 26.2 Å². The van der Waals surface area contributed by atoms with Crippen molar-refractivity contribution >= 4 is 50.7 Å². The minimum atomic E-state index is -4.20. The molecule has 0 spiro atoms. The summed E-state index contributed by atoms with van der Waals surface area (Å²) in [5, 5.41) is 3.50. The Hall–Kier alpha value is -3.27. The first-order valence-corrected chi connectivity index (χ1v) is 15.3. The van der Waals surface area contributed by atoms with Crippen LogP contribution in [0.2, 0.25) is 10.0 Å². The number of benzene rings is 3. The molecule has 41 heavy (non-hydrogen) atoms. The van der Waals surface area contributed by atoms with E-state index >= 15 is 0 Å². The molecule has 3 rings (SSSR count). The Balaban J connectivity index is 2.05. The molecular formula is C30H35Cl2N3O5S. The van der Waals surface area contributed by atoms with Gasteiger partial charge in [0.05, 0.1) is 17.7 Å². The summed E-state index contributed by atoms with van der Waals surface area (Å²) in [6.07, 6.45) is 0. The molecule has 220 valence electrons. The molecule has 0 unspecified atom stereocenters. The van der Waals surface area contributed by atoms with Gasteiger partial charge in [-0.1, -0.05) is 60.8 Å². The number of hydrogen-bond donors (Lipinski definition) is 1. The number of nitrogens with zero attached hydrogens (tertiary/aromatic N) is 2. The number of amides is 2. The van der Waals surface area contributed by atoms with Gasteiger partial charge in [0.25, 0.3) is 10.0 Å². The molecule has 0 saturated carbocycles. The van der Waals surface area contributed by atoms with Crippen LogP contribution in [0.15, 0.2) is 71.6 Å². The van der Waals surface area contributed by atoms with E-state index in [2.05, 4.69) is 5.32 Å². The lowest BCUT2D eigenvalue weighted by Gasteiger charge is -2.32. The summed E-state index contributed by atoms with van der Waals surface area (Å²) in [4.78, 5) is 28.4. The number of anilines is 1. The Labute approximate surface area is 252 Å². The molecule has 0 saturated heterocycles. The van der Waals surface area contributed by atoms with Gasteiger partial charge >= 0.3 is 0 Å². The third-order valence-electron chi connectivity index (χ3n) is 6.49. The van der Waals surface area contributed by atoms with E-state index in [9.17, 15) is 18.0 Å². The fourth-order valence-electron chi connectivity index (χ4n) is 4.00. The van der Waals surface area contributed by atoms with Crippen molar-refractivity contribution in [3.05, 3.63) is 87.9 Å². The van der Waals surface area contributed by atoms with Crippen molar-refractivity contribution < 1.29 is 22.7 Å². The highest BCUT2D eigenvalue weighted by molar-refractivity contribution is 7.92. The number of sulfonamides is 1. The van der Waals surface area contributed by atoms with E-state index in [4.69, 9.17) is 27.9 Å². The molecule has 1 atom stereocenters. The van der Waals surface area contributed by atoms with E-state index in [0.29, 0.717) is 33.6 Å². The standard InChI is InChI=1S/C30H35Cl2N3O5S/c1-20(2)17-33-30(37)22(4)34(18-26-27(31)7-6-8-28(26)32)29(36)19-35(23-11-9-21(3)10-12-23)41(38,39)25-15-13-24(40-5)14-16-25/h6-16,20,22H,17-19H2,1-5H3,(H,33,37)/t22-/m0/s1. The summed E-state index contributed by atoms with van der Waals surface area (Å²) in [7, 11) is -2.71. The maximum absolute atomic E-state index is 14.0. The molecular weight excluding hydrogens is 585 g/mol. The molecule has 8 nitrogen and oxygen atoms in total. The molecule has 0 radical (unpaired) electrons. The van der Waals surface area contributed by atoms with Crippen LogP contribution in [0.1, 0.15) is 31.9 Å². The second kappa shape index (κ2) is 14.1. The number of carbonyl (C=O) groups is 2. The molecule has 3 aromatic rings. The predicted molar refractivity (Wildman–Crippen MR) is 163 cm³/mol. The monoisotopic (exact) mass is 619 g/mol. The van der Waals surface area contributed by atoms with Crippen molar-refractivity contribution in [3.63, 3.8) is 0 Å². The average Bonchev–Trinajstić information content (AvgIpc) is 2.94. The molecule has 1 N–H and O–H groups in total. The van der Waals surface area contributed by atoms with Crippen LogP contribution in [0.4, 0.5) is 5.69 Å². The summed E-state index contributed by atoms with van der Waals surface area (Å²) in [5.41, 5.74) is 1.67. The van der Waals surface area contributed by atoms with Gasteiger partial charge in [0.1, 0.15) is 18.3 Å². The first-order chi connectivity index (χ1) is 19.3. The van der Waals surface area contributed by atoms with Crippen LogP contribution in [-0.4, -0.2) is 51.4 Å². The fraction of sp³-hybridized carbons (Fsp3) is 0.333. The average molecular weight is 621 g/mol. The van der Waals surface area contributed by atoms with Crippen molar-refractivity contribution in [1.29, 1.82) is 0 Å². The van der Waals surface area contributed by atoms with Gasteiger partial charge in [-0.2, -0.15) is 0 Å². The minimum absolute atomic E-state index is 0.0184. The topological polar surface area (TPSA) is 96.0 Å². The summed E-state index contributed by atoms with van der Waals surface area (Å²) in [6, 6.07) is 16.7. The van der Waals surface area contributed by atoms with Crippen LogP contribution >= 0.6 is 23.2 Å². The van der Waals surface area contributed by atoms with Gasteiger partial charge in [-0.3, -0.25) is 13.9 Å². The summed E-state index contributed by atoms with van der Waals surface area (Å²) < 4.78 is 34.0. The smallest absolute Gasteiger partial charge is 0.264 e. The van der Waals surface area contributed by atoms with Gasteiger partial charge in [0.15, 0.2) is 0 Å². The van der Waals surface area contributed by atoms with Crippen molar-refractivity contribution in [2.24, 2.45) is 5.92 Å². The van der Waals surface area contributed by atoms with Crippen molar-refractivity contribution in [2.75, 3.05) is 24.5 Å². The first kappa shape index (κ1) is 32.2. The second-order valence-corrected chi connectivity index (χ2v) is 12.7. The van der Waals surface area contributed by atoms with Gasteiger partial charge in [0.2, 0.25) is 11.8 Å².